The minimum absolute atomic E-state index is 0.0979. The largest absolute Gasteiger partial charge is 0.370 e. The molecule has 0 saturated carbocycles. The summed E-state index contributed by atoms with van der Waals surface area (Å²) in [4.78, 5) is 5.54. The normalized spacial score (nSPS) is 24.8. The Balaban J connectivity index is 1.27. The highest BCUT2D eigenvalue weighted by atomic mass is 32.1. The Hall–Kier alpha value is -2.03. The highest BCUT2D eigenvalue weighted by Gasteiger charge is 2.44. The Kier molecular flexibility index (Phi) is 5.01. The summed E-state index contributed by atoms with van der Waals surface area (Å²) in [6, 6.07) is 2.85. The second-order valence-electron chi connectivity index (χ2n) is 8.21. The highest BCUT2D eigenvalue weighted by Crippen LogP contribution is 2.46. The average Bonchev–Trinajstić information content (AvgIpc) is 3.46. The highest BCUT2D eigenvalue weighted by molar-refractivity contribution is 7.12. The maximum absolute atomic E-state index is 6.46. The van der Waals surface area contributed by atoms with E-state index in [1.807, 2.05) is 22.2 Å². The molecule has 7 nitrogen and oxygen atoms in total. The van der Waals surface area contributed by atoms with Crippen molar-refractivity contribution in [3.8, 4) is 0 Å². The third kappa shape index (κ3) is 3.65. The molecule has 0 unspecified atom stereocenters. The molecular weight excluding hydrogens is 386 g/mol. The lowest BCUT2D eigenvalue weighted by molar-refractivity contribution is -0.112. The zero-order valence-electron chi connectivity index (χ0n) is 17.0. The van der Waals surface area contributed by atoms with Gasteiger partial charge in [-0.05, 0) is 37.8 Å². The summed E-state index contributed by atoms with van der Waals surface area (Å²) in [6.45, 7) is 7.86. The molecule has 3 aromatic heterocycles. The lowest BCUT2D eigenvalue weighted by atomic mass is 9.79. The maximum atomic E-state index is 6.46. The van der Waals surface area contributed by atoms with Gasteiger partial charge in [-0.3, -0.25) is 4.90 Å². The number of ether oxygens (including phenoxy) is 1. The van der Waals surface area contributed by atoms with Gasteiger partial charge in [0.1, 0.15) is 6.26 Å². The van der Waals surface area contributed by atoms with Crippen molar-refractivity contribution in [2.75, 3.05) is 13.2 Å². The number of thiophene rings is 1. The van der Waals surface area contributed by atoms with E-state index < -0.39 is 0 Å². The number of nitrogens with zero attached hydrogens (tertiary/aromatic N) is 5. The minimum atomic E-state index is -0.0979. The van der Waals surface area contributed by atoms with Gasteiger partial charge in [-0.25, -0.2) is 4.68 Å². The van der Waals surface area contributed by atoms with Crippen molar-refractivity contribution in [2.45, 2.75) is 64.3 Å². The zero-order chi connectivity index (χ0) is 19.8. The molecule has 2 aliphatic heterocycles. The first-order valence-corrected chi connectivity index (χ1v) is 11.2. The van der Waals surface area contributed by atoms with E-state index in [0.717, 1.165) is 56.6 Å². The lowest BCUT2D eigenvalue weighted by Gasteiger charge is -2.47. The topological polar surface area (TPSA) is 69.2 Å². The summed E-state index contributed by atoms with van der Waals surface area (Å²) < 4.78 is 13.2. The third-order valence-corrected chi connectivity index (χ3v) is 7.58. The molecule has 5 rings (SSSR count). The summed E-state index contributed by atoms with van der Waals surface area (Å²) in [7, 11) is 0. The fourth-order valence-corrected chi connectivity index (χ4v) is 5.88. The molecule has 3 aromatic rings. The fraction of sp³-hybridized carbons (Fsp3) is 0.571. The molecule has 1 fully saturated rings. The zero-order valence-corrected chi connectivity index (χ0v) is 17.8. The maximum Gasteiger partial charge on any atom is 0.128 e. The molecule has 0 aromatic carbocycles. The SMILES string of the molecule is CCc1cc2c(s1)CCO[C@@]21CCN(Cc2cn(Cc3cnoc3)nn2)[C@@H](C)C1. The van der Waals surface area contributed by atoms with Gasteiger partial charge in [0.15, 0.2) is 0 Å². The molecule has 29 heavy (non-hydrogen) atoms. The smallest absolute Gasteiger partial charge is 0.128 e. The van der Waals surface area contributed by atoms with Gasteiger partial charge in [0.05, 0.1) is 36.8 Å². The molecule has 0 radical (unpaired) electrons. The summed E-state index contributed by atoms with van der Waals surface area (Å²) >= 11 is 1.99. The van der Waals surface area contributed by atoms with Gasteiger partial charge >= 0.3 is 0 Å². The summed E-state index contributed by atoms with van der Waals surface area (Å²) in [6.07, 6.45) is 9.62. The molecule has 8 heteroatoms. The van der Waals surface area contributed by atoms with Crippen LogP contribution in [0.4, 0.5) is 0 Å². The summed E-state index contributed by atoms with van der Waals surface area (Å²) in [5, 5.41) is 12.4. The average molecular weight is 414 g/mol. The van der Waals surface area contributed by atoms with Gasteiger partial charge in [0.25, 0.3) is 0 Å². The van der Waals surface area contributed by atoms with Gasteiger partial charge in [0, 0.05) is 40.9 Å². The second-order valence-corrected chi connectivity index (χ2v) is 9.43. The van der Waals surface area contributed by atoms with Gasteiger partial charge in [0.2, 0.25) is 0 Å². The molecule has 0 amide bonds. The number of fused-ring (bicyclic) bond motifs is 2. The van der Waals surface area contributed by atoms with E-state index >= 15 is 0 Å². The molecule has 2 atom stereocenters. The Morgan fingerprint density at radius 2 is 2.28 bits per heavy atom. The van der Waals surface area contributed by atoms with Crippen molar-refractivity contribution >= 4 is 11.3 Å². The fourth-order valence-electron chi connectivity index (χ4n) is 4.70. The number of aryl methyl sites for hydroxylation is 1. The van der Waals surface area contributed by atoms with Crippen molar-refractivity contribution < 1.29 is 9.26 Å². The Labute approximate surface area is 174 Å². The predicted molar refractivity (Wildman–Crippen MR) is 110 cm³/mol. The van der Waals surface area contributed by atoms with E-state index in [4.69, 9.17) is 9.26 Å². The number of likely N-dealkylation sites (tertiary alicyclic amines) is 1. The van der Waals surface area contributed by atoms with E-state index in [9.17, 15) is 0 Å². The van der Waals surface area contributed by atoms with E-state index in [0.29, 0.717) is 12.6 Å². The summed E-state index contributed by atoms with van der Waals surface area (Å²) in [5.74, 6) is 0. The molecular formula is C21H27N5O2S. The van der Waals surface area contributed by atoms with Gasteiger partial charge in [-0.15, -0.1) is 16.4 Å². The van der Waals surface area contributed by atoms with Crippen LogP contribution in [-0.2, 0) is 36.3 Å². The van der Waals surface area contributed by atoms with Gasteiger partial charge < -0.3 is 9.26 Å². The van der Waals surface area contributed by atoms with Crippen molar-refractivity contribution in [3.05, 3.63) is 51.3 Å². The monoisotopic (exact) mass is 413 g/mol. The summed E-state index contributed by atoms with van der Waals surface area (Å²) in [5.41, 5.74) is 3.36. The van der Waals surface area contributed by atoms with Crippen LogP contribution in [0.1, 0.15) is 53.3 Å². The van der Waals surface area contributed by atoms with Crippen molar-refractivity contribution in [1.82, 2.24) is 25.1 Å². The molecule has 5 heterocycles. The molecule has 2 aliphatic rings. The van der Waals surface area contributed by atoms with Crippen LogP contribution >= 0.6 is 11.3 Å². The van der Waals surface area contributed by atoms with Crippen molar-refractivity contribution in [2.24, 2.45) is 0 Å². The number of piperidine rings is 1. The first-order valence-electron chi connectivity index (χ1n) is 10.4. The van der Waals surface area contributed by atoms with Crippen LogP contribution in [0.5, 0.6) is 0 Å². The number of aromatic nitrogens is 4. The van der Waals surface area contributed by atoms with Crippen LogP contribution in [-0.4, -0.2) is 44.2 Å². The molecule has 0 N–H and O–H groups in total. The first kappa shape index (κ1) is 19.0. The van der Waals surface area contributed by atoms with E-state index in [1.165, 1.54) is 10.4 Å². The Morgan fingerprint density at radius 1 is 1.34 bits per heavy atom. The van der Waals surface area contributed by atoms with Gasteiger partial charge in [-0.1, -0.05) is 17.3 Å². The van der Waals surface area contributed by atoms with E-state index in [-0.39, 0.29) is 5.60 Å². The van der Waals surface area contributed by atoms with Gasteiger partial charge in [-0.2, -0.15) is 0 Å². The molecule has 154 valence electrons. The second kappa shape index (κ2) is 7.66. The van der Waals surface area contributed by atoms with E-state index in [1.54, 1.807) is 17.3 Å². The van der Waals surface area contributed by atoms with E-state index in [2.05, 4.69) is 40.3 Å². The molecule has 1 saturated heterocycles. The number of rotatable bonds is 5. The van der Waals surface area contributed by atoms with Crippen LogP contribution in [0.25, 0.3) is 0 Å². The first-order chi connectivity index (χ1) is 14.1. The third-order valence-electron chi connectivity index (χ3n) is 6.24. The Bertz CT molecular complexity index is 966. The van der Waals surface area contributed by atoms with Crippen molar-refractivity contribution in [1.29, 1.82) is 0 Å². The number of hydrogen-bond acceptors (Lipinski definition) is 7. The van der Waals surface area contributed by atoms with Crippen LogP contribution in [0.2, 0.25) is 0 Å². The standard InChI is InChI=1S/C21H27N5O2S/c1-3-18-8-19-20(29-18)4-7-27-21(19)5-6-25(15(2)9-21)12-17-13-26(24-23-17)11-16-10-22-28-14-16/h8,10,13-15H,3-7,9,11-12H2,1-2H3/t15-,21+/m0/s1. The quantitative estimate of drug-likeness (QED) is 0.639. The van der Waals surface area contributed by atoms with Crippen molar-refractivity contribution in [3.63, 3.8) is 0 Å². The molecule has 0 aliphatic carbocycles. The molecule has 0 bridgehead atoms. The molecule has 1 spiro atoms. The minimum Gasteiger partial charge on any atom is -0.370 e. The van der Waals surface area contributed by atoms with Crippen LogP contribution in [0.3, 0.4) is 0 Å². The predicted octanol–water partition coefficient (Wildman–Crippen LogP) is 3.39. The van der Waals surface area contributed by atoms with Crippen LogP contribution in [0.15, 0.2) is 29.2 Å². The van der Waals surface area contributed by atoms with Crippen LogP contribution in [0, 0.1) is 0 Å². The van der Waals surface area contributed by atoms with Crippen LogP contribution < -0.4 is 0 Å². The Morgan fingerprint density at radius 3 is 3.07 bits per heavy atom. The number of hydrogen-bond donors (Lipinski definition) is 0. The lowest BCUT2D eigenvalue weighted by Crippen LogP contribution is -2.50.